The molecule has 0 radical (unpaired) electrons. The van der Waals surface area contributed by atoms with Crippen LogP contribution in [0.5, 0.6) is 11.5 Å². The number of nitrogens with zero attached hydrogens (tertiary/aromatic N) is 4. The molecule has 0 saturated heterocycles. The first-order chi connectivity index (χ1) is 13.1. The maximum absolute atomic E-state index is 12.9. The van der Waals surface area contributed by atoms with E-state index in [4.69, 9.17) is 21.1 Å². The number of halogens is 1. The van der Waals surface area contributed by atoms with E-state index >= 15 is 0 Å². The van der Waals surface area contributed by atoms with Gasteiger partial charge in [-0.1, -0.05) is 23.4 Å². The number of benzene rings is 2. The third kappa shape index (κ3) is 3.26. The van der Waals surface area contributed by atoms with Gasteiger partial charge in [-0.15, -0.1) is 5.10 Å². The molecule has 0 fully saturated rings. The van der Waals surface area contributed by atoms with E-state index in [0.29, 0.717) is 33.7 Å². The van der Waals surface area contributed by atoms with E-state index in [0.717, 1.165) is 11.3 Å². The van der Waals surface area contributed by atoms with E-state index in [9.17, 15) is 4.79 Å². The lowest BCUT2D eigenvalue weighted by molar-refractivity contribution is 0.1000. The number of fused-ring (bicyclic) bond motifs is 1. The zero-order chi connectivity index (χ0) is 19.0. The van der Waals surface area contributed by atoms with Gasteiger partial charge in [0, 0.05) is 10.6 Å². The van der Waals surface area contributed by atoms with Crippen molar-refractivity contribution >= 4 is 29.1 Å². The maximum Gasteiger partial charge on any atom is 0.214 e. The van der Waals surface area contributed by atoms with Gasteiger partial charge in [0.2, 0.25) is 5.16 Å². The Morgan fingerprint density at radius 3 is 2.56 bits per heavy atom. The Balaban J connectivity index is 1.61. The summed E-state index contributed by atoms with van der Waals surface area (Å²) in [5.74, 6) is 1.18. The number of carbonyl (C=O) groups excluding carboxylic acids is 1. The number of thioether (sulfide) groups is 1. The largest absolute Gasteiger partial charge is 0.493 e. The monoisotopic (exact) mass is 402 g/mol. The van der Waals surface area contributed by atoms with Crippen molar-refractivity contribution in [1.82, 2.24) is 20.2 Å². The number of carbonyl (C=O) groups is 1. The van der Waals surface area contributed by atoms with E-state index in [-0.39, 0.29) is 11.0 Å². The van der Waals surface area contributed by atoms with Gasteiger partial charge in [0.05, 0.1) is 25.2 Å². The van der Waals surface area contributed by atoms with Crippen LogP contribution in [-0.2, 0) is 6.42 Å². The van der Waals surface area contributed by atoms with Crippen molar-refractivity contribution < 1.29 is 14.3 Å². The van der Waals surface area contributed by atoms with E-state index in [2.05, 4.69) is 15.5 Å². The van der Waals surface area contributed by atoms with Crippen LogP contribution in [0.3, 0.4) is 0 Å². The quantitative estimate of drug-likeness (QED) is 0.648. The number of ketones is 1. The molecule has 0 amide bonds. The molecule has 27 heavy (non-hydrogen) atoms. The van der Waals surface area contributed by atoms with Crippen molar-refractivity contribution in [3.63, 3.8) is 0 Å². The minimum absolute atomic E-state index is 0.0293. The molecule has 0 N–H and O–H groups in total. The molecule has 1 aromatic heterocycles. The van der Waals surface area contributed by atoms with Crippen LogP contribution in [-0.4, -0.2) is 45.5 Å². The highest BCUT2D eigenvalue weighted by Crippen LogP contribution is 2.39. The number of aromatic nitrogens is 4. The third-order valence-electron chi connectivity index (χ3n) is 4.33. The lowest BCUT2D eigenvalue weighted by Crippen LogP contribution is -2.13. The Bertz CT molecular complexity index is 1010. The van der Waals surface area contributed by atoms with Crippen LogP contribution in [0.25, 0.3) is 5.69 Å². The summed E-state index contributed by atoms with van der Waals surface area (Å²) in [6, 6.07) is 10.8. The average molecular weight is 403 g/mol. The van der Waals surface area contributed by atoms with E-state index in [1.807, 2.05) is 18.2 Å². The zero-order valence-electron chi connectivity index (χ0n) is 14.5. The van der Waals surface area contributed by atoms with Crippen molar-refractivity contribution in [3.05, 3.63) is 52.5 Å². The molecule has 0 saturated carbocycles. The number of methoxy groups -OCH3 is 2. The van der Waals surface area contributed by atoms with Gasteiger partial charge in [0.1, 0.15) is 0 Å². The van der Waals surface area contributed by atoms with E-state index < -0.39 is 0 Å². The summed E-state index contributed by atoms with van der Waals surface area (Å²) in [4.78, 5) is 12.9. The van der Waals surface area contributed by atoms with Gasteiger partial charge in [-0.2, -0.15) is 4.68 Å². The standard InChI is InChI=1S/C18H15ClN4O3S/c1-25-14-7-10-8-16(17(24)13(10)9-15(14)26-2)27-18-20-21-22-23(18)12-5-3-11(19)4-6-12/h3-7,9,16H,8H2,1-2H3. The molecule has 1 aliphatic carbocycles. The fraction of sp³-hybridized carbons (Fsp3) is 0.222. The van der Waals surface area contributed by atoms with Crippen molar-refractivity contribution in [2.24, 2.45) is 0 Å². The predicted molar refractivity (Wildman–Crippen MR) is 101 cm³/mol. The summed E-state index contributed by atoms with van der Waals surface area (Å²) in [5.41, 5.74) is 2.36. The van der Waals surface area contributed by atoms with Gasteiger partial charge in [0.15, 0.2) is 17.3 Å². The second-order valence-corrected chi connectivity index (χ2v) is 7.50. The highest BCUT2D eigenvalue weighted by molar-refractivity contribution is 8.00. The lowest BCUT2D eigenvalue weighted by atomic mass is 10.1. The van der Waals surface area contributed by atoms with Crippen LogP contribution < -0.4 is 9.47 Å². The lowest BCUT2D eigenvalue weighted by Gasteiger charge is -2.09. The van der Waals surface area contributed by atoms with Crippen molar-refractivity contribution in [3.8, 4) is 17.2 Å². The second kappa shape index (κ2) is 7.21. The first-order valence-corrected chi connectivity index (χ1v) is 9.36. The van der Waals surface area contributed by atoms with Crippen molar-refractivity contribution in [1.29, 1.82) is 0 Å². The second-order valence-electron chi connectivity index (χ2n) is 5.89. The number of tetrazole rings is 1. The summed E-state index contributed by atoms with van der Waals surface area (Å²) in [5, 5.41) is 12.7. The van der Waals surface area contributed by atoms with Crippen LogP contribution in [0.1, 0.15) is 15.9 Å². The van der Waals surface area contributed by atoms with Crippen molar-refractivity contribution in [2.45, 2.75) is 16.8 Å². The molecular formula is C18H15ClN4O3S. The van der Waals surface area contributed by atoms with Gasteiger partial charge in [-0.25, -0.2) is 0 Å². The molecule has 1 heterocycles. The molecular weight excluding hydrogens is 388 g/mol. The molecule has 138 valence electrons. The Labute approximate surface area is 164 Å². The Hall–Kier alpha value is -2.58. The Morgan fingerprint density at radius 1 is 1.15 bits per heavy atom. The Kier molecular flexibility index (Phi) is 4.75. The molecule has 0 bridgehead atoms. The number of hydrogen-bond donors (Lipinski definition) is 0. The normalized spacial score (nSPS) is 15.7. The van der Waals surface area contributed by atoms with E-state index in [1.54, 1.807) is 37.1 Å². The maximum atomic E-state index is 12.9. The number of ether oxygens (including phenoxy) is 2. The van der Waals surface area contributed by atoms with Crippen LogP contribution in [0, 0.1) is 0 Å². The van der Waals surface area contributed by atoms with Crippen LogP contribution in [0.4, 0.5) is 0 Å². The fourth-order valence-corrected chi connectivity index (χ4v) is 4.21. The first-order valence-electron chi connectivity index (χ1n) is 8.11. The number of Topliss-reactive ketones (excluding diaryl/α,β-unsaturated/α-hetero) is 1. The highest BCUT2D eigenvalue weighted by atomic mass is 35.5. The topological polar surface area (TPSA) is 79.1 Å². The summed E-state index contributed by atoms with van der Waals surface area (Å²) >= 11 is 7.28. The van der Waals surface area contributed by atoms with Gasteiger partial charge in [-0.3, -0.25) is 4.79 Å². The fourth-order valence-electron chi connectivity index (χ4n) is 3.00. The van der Waals surface area contributed by atoms with Crippen molar-refractivity contribution in [2.75, 3.05) is 14.2 Å². The molecule has 0 aliphatic heterocycles. The third-order valence-corrected chi connectivity index (χ3v) is 5.71. The molecule has 3 aromatic rings. The smallest absolute Gasteiger partial charge is 0.214 e. The van der Waals surface area contributed by atoms with E-state index in [1.165, 1.54) is 11.8 Å². The SMILES string of the molecule is COc1cc2c(cc1OC)C(=O)C(Sc1nnnn1-c1ccc(Cl)cc1)C2. The molecule has 0 spiro atoms. The highest BCUT2D eigenvalue weighted by Gasteiger charge is 2.34. The molecule has 7 nitrogen and oxygen atoms in total. The Morgan fingerprint density at radius 2 is 1.85 bits per heavy atom. The number of hydrogen-bond acceptors (Lipinski definition) is 7. The summed E-state index contributed by atoms with van der Waals surface area (Å²) in [6.07, 6.45) is 0.576. The molecule has 4 rings (SSSR count). The molecule has 9 heteroatoms. The van der Waals surface area contributed by atoms with Crippen LogP contribution in [0.2, 0.25) is 5.02 Å². The average Bonchev–Trinajstić information content (AvgIpc) is 3.26. The summed E-state index contributed by atoms with van der Waals surface area (Å²) in [7, 11) is 3.13. The van der Waals surface area contributed by atoms with Gasteiger partial charge < -0.3 is 9.47 Å². The van der Waals surface area contributed by atoms with Crippen LogP contribution in [0.15, 0.2) is 41.6 Å². The molecule has 2 aromatic carbocycles. The summed E-state index contributed by atoms with van der Waals surface area (Å²) in [6.45, 7) is 0. The molecule has 1 unspecified atom stereocenters. The predicted octanol–water partition coefficient (Wildman–Crippen LogP) is 3.23. The minimum Gasteiger partial charge on any atom is -0.493 e. The summed E-state index contributed by atoms with van der Waals surface area (Å²) < 4.78 is 12.2. The van der Waals surface area contributed by atoms with Crippen LogP contribution >= 0.6 is 23.4 Å². The van der Waals surface area contributed by atoms with Gasteiger partial charge >= 0.3 is 0 Å². The minimum atomic E-state index is -0.311. The first kappa shape index (κ1) is 17.8. The molecule has 1 aliphatic rings. The molecule has 1 atom stereocenters. The number of rotatable bonds is 5. The van der Waals surface area contributed by atoms with Gasteiger partial charge in [0.25, 0.3) is 0 Å². The zero-order valence-corrected chi connectivity index (χ0v) is 16.1. The van der Waals surface area contributed by atoms with Gasteiger partial charge in [-0.05, 0) is 58.8 Å².